The highest BCUT2D eigenvalue weighted by atomic mass is 16.5. The number of phenols is 1. The van der Waals surface area contributed by atoms with Crippen LogP contribution < -0.4 is 10.6 Å². The molecule has 25 heavy (non-hydrogen) atoms. The van der Waals surface area contributed by atoms with Gasteiger partial charge in [0.15, 0.2) is 0 Å². The number of ether oxygens (including phenoxy) is 1. The van der Waals surface area contributed by atoms with E-state index < -0.39 is 0 Å². The first-order chi connectivity index (χ1) is 12.2. The normalized spacial score (nSPS) is 11.0. The van der Waals surface area contributed by atoms with Crippen LogP contribution in [-0.2, 0) is 16.0 Å². The van der Waals surface area contributed by atoms with Crippen LogP contribution in [0.2, 0.25) is 0 Å². The Morgan fingerprint density at radius 1 is 1.24 bits per heavy atom. The average molecular weight is 345 g/mol. The quantitative estimate of drug-likeness (QED) is 0.307. The predicted octanol–water partition coefficient (Wildman–Crippen LogP) is 2.25. The molecule has 0 fully saturated rings. The fourth-order valence-electron chi connectivity index (χ4n) is 2.02. The Labute approximate surface area is 149 Å². The second-order valence-electron chi connectivity index (χ2n) is 5.62. The Hall–Kier alpha value is -2.52. The standard InChI is InChI=1S/C19H27N3O3/c1-2-3-12-25-13-4-10-22-19(24)17(14-20)15-21-11-9-16-5-7-18(23)8-6-16/h5-8,15,21,23H,2-4,9-13H2,1H3,(H,22,24)/b17-15-. The average Bonchev–Trinajstić information content (AvgIpc) is 2.62. The zero-order chi connectivity index (χ0) is 18.3. The molecule has 0 radical (unpaired) electrons. The van der Waals surface area contributed by atoms with Crippen LogP contribution in [-0.4, -0.2) is 37.3 Å². The summed E-state index contributed by atoms with van der Waals surface area (Å²) in [6.07, 6.45) is 5.04. The molecule has 0 aliphatic heterocycles. The van der Waals surface area contributed by atoms with Crippen molar-refractivity contribution in [1.82, 2.24) is 10.6 Å². The summed E-state index contributed by atoms with van der Waals surface area (Å²) in [4.78, 5) is 11.9. The molecule has 0 aliphatic rings. The molecule has 0 unspecified atom stereocenters. The molecule has 1 aromatic rings. The summed E-state index contributed by atoms with van der Waals surface area (Å²) in [6, 6.07) is 8.83. The zero-order valence-electron chi connectivity index (χ0n) is 14.8. The number of carbonyl (C=O) groups is 1. The lowest BCUT2D eigenvalue weighted by Gasteiger charge is -2.06. The summed E-state index contributed by atoms with van der Waals surface area (Å²) in [5.41, 5.74) is 1.11. The summed E-state index contributed by atoms with van der Waals surface area (Å²) in [6.45, 7) is 4.54. The van der Waals surface area contributed by atoms with Gasteiger partial charge in [-0.05, 0) is 37.0 Å². The van der Waals surface area contributed by atoms with Crippen LogP contribution >= 0.6 is 0 Å². The molecule has 0 atom stereocenters. The van der Waals surface area contributed by atoms with Gasteiger partial charge in [0.2, 0.25) is 0 Å². The molecular formula is C19H27N3O3. The van der Waals surface area contributed by atoms with Crippen molar-refractivity contribution < 1.29 is 14.6 Å². The third-order valence-electron chi connectivity index (χ3n) is 3.50. The van der Waals surface area contributed by atoms with Crippen molar-refractivity contribution in [3.05, 3.63) is 41.6 Å². The van der Waals surface area contributed by atoms with Crippen molar-refractivity contribution in [1.29, 1.82) is 5.26 Å². The molecule has 0 bridgehead atoms. The number of carbonyl (C=O) groups excluding carboxylic acids is 1. The van der Waals surface area contributed by atoms with Gasteiger partial charge in [0.25, 0.3) is 5.91 Å². The molecule has 0 aromatic heterocycles. The summed E-state index contributed by atoms with van der Waals surface area (Å²) < 4.78 is 5.41. The van der Waals surface area contributed by atoms with Crippen LogP contribution in [0.5, 0.6) is 5.75 Å². The largest absolute Gasteiger partial charge is 0.508 e. The molecule has 1 amide bonds. The summed E-state index contributed by atoms with van der Waals surface area (Å²) in [5.74, 6) is -0.149. The summed E-state index contributed by atoms with van der Waals surface area (Å²) >= 11 is 0. The predicted molar refractivity (Wildman–Crippen MR) is 96.9 cm³/mol. The number of hydrogen-bond acceptors (Lipinski definition) is 5. The third kappa shape index (κ3) is 9.38. The van der Waals surface area contributed by atoms with E-state index in [2.05, 4.69) is 17.6 Å². The topological polar surface area (TPSA) is 94.4 Å². The van der Waals surface area contributed by atoms with Crippen LogP contribution in [0.25, 0.3) is 0 Å². The molecule has 136 valence electrons. The summed E-state index contributed by atoms with van der Waals surface area (Å²) in [7, 11) is 0. The lowest BCUT2D eigenvalue weighted by atomic mass is 10.1. The molecule has 0 saturated heterocycles. The SMILES string of the molecule is CCCCOCCCNC(=O)/C(C#N)=C\NCCc1ccc(O)cc1. The smallest absolute Gasteiger partial charge is 0.263 e. The molecule has 0 spiro atoms. The molecule has 0 saturated carbocycles. The highest BCUT2D eigenvalue weighted by Crippen LogP contribution is 2.09. The van der Waals surface area contributed by atoms with Gasteiger partial charge < -0.3 is 20.5 Å². The van der Waals surface area contributed by atoms with Gasteiger partial charge >= 0.3 is 0 Å². The van der Waals surface area contributed by atoms with Gasteiger partial charge in [-0.3, -0.25) is 4.79 Å². The van der Waals surface area contributed by atoms with Crippen LogP contribution in [0.1, 0.15) is 31.7 Å². The van der Waals surface area contributed by atoms with Crippen LogP contribution in [0.4, 0.5) is 0 Å². The number of aromatic hydroxyl groups is 1. The number of phenolic OH excluding ortho intramolecular Hbond substituents is 1. The fraction of sp³-hybridized carbons (Fsp3) is 0.474. The van der Waals surface area contributed by atoms with E-state index in [1.54, 1.807) is 12.1 Å². The van der Waals surface area contributed by atoms with Gasteiger partial charge in [-0.1, -0.05) is 25.5 Å². The highest BCUT2D eigenvalue weighted by Gasteiger charge is 2.07. The highest BCUT2D eigenvalue weighted by molar-refractivity contribution is 5.97. The number of rotatable bonds is 12. The minimum atomic E-state index is -0.381. The monoisotopic (exact) mass is 345 g/mol. The first-order valence-electron chi connectivity index (χ1n) is 8.65. The summed E-state index contributed by atoms with van der Waals surface area (Å²) in [5, 5.41) is 24.0. The third-order valence-corrected chi connectivity index (χ3v) is 3.50. The van der Waals surface area contributed by atoms with E-state index in [1.165, 1.54) is 6.20 Å². The number of unbranched alkanes of at least 4 members (excludes halogenated alkanes) is 1. The number of nitrogens with zero attached hydrogens (tertiary/aromatic N) is 1. The van der Waals surface area contributed by atoms with E-state index in [4.69, 9.17) is 10.00 Å². The van der Waals surface area contributed by atoms with Crippen molar-refractivity contribution in [3.8, 4) is 11.8 Å². The van der Waals surface area contributed by atoms with Gasteiger partial charge in [0.1, 0.15) is 17.4 Å². The number of hydrogen-bond donors (Lipinski definition) is 3. The van der Waals surface area contributed by atoms with Gasteiger partial charge in [0, 0.05) is 32.5 Å². The van der Waals surface area contributed by atoms with Gasteiger partial charge in [-0.2, -0.15) is 5.26 Å². The Balaban J connectivity index is 2.22. The molecule has 6 heteroatoms. The molecule has 1 rings (SSSR count). The second-order valence-corrected chi connectivity index (χ2v) is 5.62. The molecular weight excluding hydrogens is 318 g/mol. The van der Waals surface area contributed by atoms with Crippen molar-refractivity contribution in [2.45, 2.75) is 32.6 Å². The van der Waals surface area contributed by atoms with Crippen LogP contribution in [0.3, 0.4) is 0 Å². The van der Waals surface area contributed by atoms with Gasteiger partial charge in [0.05, 0.1) is 0 Å². The van der Waals surface area contributed by atoms with E-state index in [1.807, 2.05) is 18.2 Å². The molecule has 1 aromatic carbocycles. The van der Waals surface area contributed by atoms with E-state index in [0.717, 1.165) is 37.9 Å². The minimum absolute atomic E-state index is 0.0533. The maximum Gasteiger partial charge on any atom is 0.263 e. The fourth-order valence-corrected chi connectivity index (χ4v) is 2.02. The molecule has 6 nitrogen and oxygen atoms in total. The molecule has 3 N–H and O–H groups in total. The first-order valence-corrected chi connectivity index (χ1v) is 8.65. The van der Waals surface area contributed by atoms with Crippen molar-refractivity contribution in [2.75, 3.05) is 26.3 Å². The van der Waals surface area contributed by atoms with Crippen LogP contribution in [0, 0.1) is 11.3 Å². The minimum Gasteiger partial charge on any atom is -0.508 e. The van der Waals surface area contributed by atoms with Crippen molar-refractivity contribution >= 4 is 5.91 Å². The van der Waals surface area contributed by atoms with Gasteiger partial charge in [-0.25, -0.2) is 0 Å². The van der Waals surface area contributed by atoms with Crippen molar-refractivity contribution in [3.63, 3.8) is 0 Å². The van der Waals surface area contributed by atoms with Gasteiger partial charge in [-0.15, -0.1) is 0 Å². The van der Waals surface area contributed by atoms with E-state index >= 15 is 0 Å². The maximum atomic E-state index is 11.9. The molecule has 0 aliphatic carbocycles. The van der Waals surface area contributed by atoms with Crippen LogP contribution in [0.15, 0.2) is 36.0 Å². The number of benzene rings is 1. The Morgan fingerprint density at radius 3 is 2.64 bits per heavy atom. The maximum absolute atomic E-state index is 11.9. The number of nitriles is 1. The zero-order valence-corrected chi connectivity index (χ0v) is 14.8. The lowest BCUT2D eigenvalue weighted by Crippen LogP contribution is -2.27. The van der Waals surface area contributed by atoms with E-state index in [0.29, 0.717) is 19.7 Å². The van der Waals surface area contributed by atoms with E-state index in [-0.39, 0.29) is 17.2 Å². The van der Waals surface area contributed by atoms with Crippen molar-refractivity contribution in [2.24, 2.45) is 0 Å². The Kier molecular flexibility index (Phi) is 10.5. The molecule has 0 heterocycles. The second kappa shape index (κ2) is 12.8. The lowest BCUT2D eigenvalue weighted by molar-refractivity contribution is -0.117. The van der Waals surface area contributed by atoms with E-state index in [9.17, 15) is 9.90 Å². The number of amides is 1. The Bertz CT molecular complexity index is 577. The Morgan fingerprint density at radius 2 is 1.96 bits per heavy atom. The first kappa shape index (κ1) is 20.5. The number of nitrogens with one attached hydrogen (secondary N) is 2.